The number of rotatable bonds is 33. The molecule has 0 saturated heterocycles. The van der Waals surface area contributed by atoms with E-state index in [0.29, 0.717) is 18.9 Å². The van der Waals surface area contributed by atoms with E-state index in [1.54, 1.807) is 0 Å². The van der Waals surface area contributed by atoms with E-state index in [1.807, 2.05) is 0 Å². The summed E-state index contributed by atoms with van der Waals surface area (Å²) < 4.78 is 5.80. The van der Waals surface area contributed by atoms with Crippen LogP contribution in [0.15, 0.2) is 0 Å². The Labute approximate surface area is 254 Å². The van der Waals surface area contributed by atoms with Crippen LogP contribution in [0.2, 0.25) is 0 Å². The largest absolute Gasteiger partial charge is 0.465 e. The second-order valence-electron chi connectivity index (χ2n) is 13.5. The third kappa shape index (κ3) is 32.0. The fourth-order valence-corrected chi connectivity index (χ4v) is 5.96. The van der Waals surface area contributed by atoms with Gasteiger partial charge in [0.2, 0.25) is 0 Å². The highest BCUT2D eigenvalue weighted by Gasteiger charge is 2.12. The van der Waals surface area contributed by atoms with Gasteiger partial charge >= 0.3 is 5.97 Å². The van der Waals surface area contributed by atoms with Gasteiger partial charge in [-0.2, -0.15) is 0 Å². The molecule has 0 bridgehead atoms. The standard InChI is InChI=1S/C38H76O2/c1-5-7-9-11-13-21-25-29-33-37(32-28-24-12-10-8-6-2)35-40-38(39)34-30-26-22-19-17-15-14-16-18-20-23-27-31-36(3)4/h36-37H,5-35H2,1-4H3. The summed E-state index contributed by atoms with van der Waals surface area (Å²) >= 11 is 0. The van der Waals surface area contributed by atoms with Crippen molar-refractivity contribution in [2.45, 2.75) is 220 Å². The van der Waals surface area contributed by atoms with Crippen LogP contribution in [-0.2, 0) is 9.53 Å². The van der Waals surface area contributed by atoms with Gasteiger partial charge in [-0.1, -0.05) is 195 Å². The van der Waals surface area contributed by atoms with Crippen molar-refractivity contribution in [2.24, 2.45) is 11.8 Å². The van der Waals surface area contributed by atoms with E-state index in [1.165, 1.54) is 180 Å². The minimum absolute atomic E-state index is 0.0530. The van der Waals surface area contributed by atoms with Crippen molar-refractivity contribution in [3.8, 4) is 0 Å². The molecule has 0 aliphatic heterocycles. The van der Waals surface area contributed by atoms with Gasteiger partial charge in [-0.05, 0) is 31.1 Å². The summed E-state index contributed by atoms with van der Waals surface area (Å²) in [7, 11) is 0. The van der Waals surface area contributed by atoms with Gasteiger partial charge in [0.05, 0.1) is 6.61 Å². The van der Waals surface area contributed by atoms with Gasteiger partial charge < -0.3 is 4.74 Å². The van der Waals surface area contributed by atoms with E-state index in [4.69, 9.17) is 4.74 Å². The second-order valence-corrected chi connectivity index (χ2v) is 13.5. The number of carbonyl (C=O) groups is 1. The summed E-state index contributed by atoms with van der Waals surface area (Å²) in [6.07, 6.45) is 39.7. The third-order valence-electron chi connectivity index (χ3n) is 8.82. The Kier molecular flexibility index (Phi) is 32.5. The van der Waals surface area contributed by atoms with Crippen molar-refractivity contribution in [1.82, 2.24) is 0 Å². The SMILES string of the molecule is CCCCCCCCCCC(CCCCCCCC)COC(=O)CCCCCCCCCCCCCCC(C)C. The molecule has 0 heterocycles. The zero-order valence-corrected chi connectivity index (χ0v) is 28.4. The van der Waals surface area contributed by atoms with Gasteiger partial charge in [0.25, 0.3) is 0 Å². The molecule has 0 aromatic carbocycles. The molecular weight excluding hydrogens is 488 g/mol. The molecule has 2 nitrogen and oxygen atoms in total. The Morgan fingerprint density at radius 1 is 0.450 bits per heavy atom. The molecule has 0 aliphatic rings. The van der Waals surface area contributed by atoms with Crippen molar-refractivity contribution < 1.29 is 9.53 Å². The summed E-state index contributed by atoms with van der Waals surface area (Å²) in [6.45, 7) is 9.91. The Hall–Kier alpha value is -0.530. The van der Waals surface area contributed by atoms with Crippen molar-refractivity contribution in [1.29, 1.82) is 0 Å². The maximum Gasteiger partial charge on any atom is 0.305 e. The van der Waals surface area contributed by atoms with Crippen LogP contribution < -0.4 is 0 Å². The van der Waals surface area contributed by atoms with Crippen LogP contribution in [0.5, 0.6) is 0 Å². The lowest BCUT2D eigenvalue weighted by Crippen LogP contribution is -2.14. The fourth-order valence-electron chi connectivity index (χ4n) is 5.96. The summed E-state index contributed by atoms with van der Waals surface area (Å²) in [5.74, 6) is 1.50. The predicted octanol–water partition coefficient (Wildman–Crippen LogP) is 13.5. The zero-order chi connectivity index (χ0) is 29.4. The van der Waals surface area contributed by atoms with Crippen molar-refractivity contribution in [3.05, 3.63) is 0 Å². The lowest BCUT2D eigenvalue weighted by Gasteiger charge is -2.17. The average molecular weight is 565 g/mol. The summed E-state index contributed by atoms with van der Waals surface area (Å²) in [4.78, 5) is 12.4. The molecule has 0 aromatic rings. The van der Waals surface area contributed by atoms with Crippen LogP contribution in [0.1, 0.15) is 220 Å². The highest BCUT2D eigenvalue weighted by molar-refractivity contribution is 5.69. The smallest absolute Gasteiger partial charge is 0.305 e. The normalized spacial score (nSPS) is 12.3. The maximum absolute atomic E-state index is 12.4. The van der Waals surface area contributed by atoms with E-state index >= 15 is 0 Å². The van der Waals surface area contributed by atoms with Gasteiger partial charge in [0, 0.05) is 6.42 Å². The number of ether oxygens (including phenoxy) is 1. The number of carbonyl (C=O) groups excluding carboxylic acids is 1. The van der Waals surface area contributed by atoms with Crippen LogP contribution in [0.25, 0.3) is 0 Å². The molecule has 0 spiro atoms. The number of esters is 1. The van der Waals surface area contributed by atoms with Gasteiger partial charge in [-0.3, -0.25) is 4.79 Å². The Morgan fingerprint density at radius 2 is 0.775 bits per heavy atom. The highest BCUT2D eigenvalue weighted by Crippen LogP contribution is 2.21. The first-order valence-electron chi connectivity index (χ1n) is 18.8. The van der Waals surface area contributed by atoms with Crippen LogP contribution >= 0.6 is 0 Å². The molecule has 0 rings (SSSR count). The molecule has 2 heteroatoms. The first-order valence-corrected chi connectivity index (χ1v) is 18.8. The molecule has 0 amide bonds. The zero-order valence-electron chi connectivity index (χ0n) is 28.4. The molecule has 240 valence electrons. The van der Waals surface area contributed by atoms with Crippen LogP contribution in [0.4, 0.5) is 0 Å². The molecule has 0 N–H and O–H groups in total. The quantitative estimate of drug-likeness (QED) is 0.0585. The van der Waals surface area contributed by atoms with Gasteiger partial charge in [-0.25, -0.2) is 0 Å². The third-order valence-corrected chi connectivity index (χ3v) is 8.82. The van der Waals surface area contributed by atoms with Crippen molar-refractivity contribution >= 4 is 5.97 Å². The number of hydrogen-bond donors (Lipinski definition) is 0. The minimum atomic E-state index is 0.0530. The molecule has 40 heavy (non-hydrogen) atoms. The number of hydrogen-bond acceptors (Lipinski definition) is 2. The fraction of sp³-hybridized carbons (Fsp3) is 0.974. The van der Waals surface area contributed by atoms with Crippen molar-refractivity contribution in [2.75, 3.05) is 6.61 Å². The van der Waals surface area contributed by atoms with E-state index in [0.717, 1.165) is 12.3 Å². The highest BCUT2D eigenvalue weighted by atomic mass is 16.5. The Morgan fingerprint density at radius 3 is 1.15 bits per heavy atom. The second kappa shape index (κ2) is 33.0. The predicted molar refractivity (Wildman–Crippen MR) is 179 cm³/mol. The molecule has 1 unspecified atom stereocenters. The first-order chi connectivity index (χ1) is 19.6. The number of unbranched alkanes of at least 4 members (excludes halogenated alkanes) is 23. The van der Waals surface area contributed by atoms with Crippen LogP contribution in [-0.4, -0.2) is 12.6 Å². The Balaban J connectivity index is 3.81. The van der Waals surface area contributed by atoms with Gasteiger partial charge in [-0.15, -0.1) is 0 Å². The topological polar surface area (TPSA) is 26.3 Å². The first kappa shape index (κ1) is 39.5. The molecule has 0 aliphatic carbocycles. The van der Waals surface area contributed by atoms with E-state index in [2.05, 4.69) is 27.7 Å². The lowest BCUT2D eigenvalue weighted by atomic mass is 9.94. The van der Waals surface area contributed by atoms with Gasteiger partial charge in [0.15, 0.2) is 0 Å². The summed E-state index contributed by atoms with van der Waals surface area (Å²) in [5, 5.41) is 0. The maximum atomic E-state index is 12.4. The van der Waals surface area contributed by atoms with E-state index in [9.17, 15) is 4.79 Å². The average Bonchev–Trinajstić information content (AvgIpc) is 2.94. The van der Waals surface area contributed by atoms with Crippen LogP contribution in [0.3, 0.4) is 0 Å². The van der Waals surface area contributed by atoms with E-state index < -0.39 is 0 Å². The van der Waals surface area contributed by atoms with Crippen LogP contribution in [0, 0.1) is 11.8 Å². The summed E-state index contributed by atoms with van der Waals surface area (Å²) in [5.41, 5.74) is 0. The summed E-state index contributed by atoms with van der Waals surface area (Å²) in [6, 6.07) is 0. The van der Waals surface area contributed by atoms with Crippen molar-refractivity contribution in [3.63, 3.8) is 0 Å². The molecule has 0 saturated carbocycles. The molecule has 0 fully saturated rings. The Bertz CT molecular complexity index is 486. The molecule has 1 atom stereocenters. The molecule has 0 radical (unpaired) electrons. The van der Waals surface area contributed by atoms with Gasteiger partial charge in [0.1, 0.15) is 0 Å². The lowest BCUT2D eigenvalue weighted by molar-refractivity contribution is -0.145. The molecule has 0 aromatic heterocycles. The minimum Gasteiger partial charge on any atom is -0.465 e. The monoisotopic (exact) mass is 565 g/mol. The van der Waals surface area contributed by atoms with E-state index in [-0.39, 0.29) is 5.97 Å². The molecular formula is C38H76O2.